The number of carbonyl (C=O) groups excluding carboxylic acids is 1. The predicted molar refractivity (Wildman–Crippen MR) is 82.5 cm³/mol. The van der Waals surface area contributed by atoms with E-state index in [1.54, 1.807) is 7.11 Å². The fraction of sp³-hybridized carbons (Fsp3) is 0.917. The highest BCUT2D eigenvalue weighted by molar-refractivity contribution is 5.85. The predicted octanol–water partition coefficient (Wildman–Crippen LogP) is 0.666. The van der Waals surface area contributed by atoms with Gasteiger partial charge in [0.2, 0.25) is 5.91 Å². The van der Waals surface area contributed by atoms with Crippen LogP contribution in [0.1, 0.15) is 19.3 Å². The number of rotatable bonds is 8. The minimum Gasteiger partial charge on any atom is -0.383 e. The Morgan fingerprint density at radius 1 is 1.42 bits per heavy atom. The van der Waals surface area contributed by atoms with Crippen LogP contribution in [-0.2, 0) is 9.53 Å². The van der Waals surface area contributed by atoms with E-state index in [0.717, 1.165) is 32.8 Å². The Labute approximate surface area is 128 Å². The summed E-state index contributed by atoms with van der Waals surface area (Å²) in [6.07, 6.45) is 2.96. The fourth-order valence-corrected chi connectivity index (χ4v) is 2.19. The molecule has 1 atom stereocenters. The average Bonchev–Trinajstić information content (AvgIpc) is 2.78. The van der Waals surface area contributed by atoms with Crippen molar-refractivity contribution in [2.75, 3.05) is 46.9 Å². The quantitative estimate of drug-likeness (QED) is 0.691. The monoisotopic (exact) mass is 315 g/mol. The molecule has 1 saturated heterocycles. The van der Waals surface area contributed by atoms with Gasteiger partial charge in [0.05, 0.1) is 6.61 Å². The van der Waals surface area contributed by atoms with Gasteiger partial charge in [-0.3, -0.25) is 9.69 Å². The van der Waals surface area contributed by atoms with Crippen LogP contribution in [0.25, 0.3) is 0 Å². The van der Waals surface area contributed by atoms with Crippen molar-refractivity contribution < 1.29 is 9.53 Å². The van der Waals surface area contributed by atoms with E-state index in [1.807, 2.05) is 7.05 Å². The largest absolute Gasteiger partial charge is 0.383 e. The van der Waals surface area contributed by atoms with Crippen LogP contribution in [0.3, 0.4) is 0 Å². The molecule has 1 aliphatic rings. The fourth-order valence-electron chi connectivity index (χ4n) is 2.19. The minimum atomic E-state index is 0. The molecule has 0 spiro atoms. The van der Waals surface area contributed by atoms with E-state index in [1.165, 1.54) is 12.8 Å². The van der Waals surface area contributed by atoms with E-state index in [0.29, 0.717) is 12.5 Å². The second-order valence-electron chi connectivity index (χ2n) is 4.48. The highest BCUT2D eigenvalue weighted by Gasteiger charge is 2.23. The van der Waals surface area contributed by atoms with Crippen molar-refractivity contribution in [3.63, 3.8) is 0 Å². The Morgan fingerprint density at radius 2 is 2.16 bits per heavy atom. The summed E-state index contributed by atoms with van der Waals surface area (Å²) < 4.78 is 5.09. The van der Waals surface area contributed by atoms with Crippen LogP contribution in [0.5, 0.6) is 0 Å². The standard InChI is InChI=1S/C12H25N3O2.2ClH/c1-13-6-5-12(16)14-10-11-4-3-7-15(11)8-9-17-2;;/h11,13H,3-10H2,1-2H3,(H,14,16);2*1H. The third-order valence-corrected chi connectivity index (χ3v) is 3.22. The summed E-state index contributed by atoms with van der Waals surface area (Å²) in [7, 11) is 3.58. The maximum absolute atomic E-state index is 11.5. The molecule has 0 radical (unpaired) electrons. The molecule has 2 N–H and O–H groups in total. The van der Waals surface area contributed by atoms with Gasteiger partial charge in [0.1, 0.15) is 0 Å². The Kier molecular flexibility index (Phi) is 14.5. The van der Waals surface area contributed by atoms with Gasteiger partial charge in [-0.2, -0.15) is 0 Å². The average molecular weight is 316 g/mol. The molecule has 1 rings (SSSR count). The van der Waals surface area contributed by atoms with Gasteiger partial charge in [0, 0.05) is 39.2 Å². The lowest BCUT2D eigenvalue weighted by molar-refractivity contribution is -0.121. The number of methoxy groups -OCH3 is 1. The first-order valence-corrected chi connectivity index (χ1v) is 6.42. The first-order valence-electron chi connectivity index (χ1n) is 6.42. The number of halogens is 2. The maximum atomic E-state index is 11.5. The zero-order valence-corrected chi connectivity index (χ0v) is 13.4. The molecule has 7 heteroatoms. The van der Waals surface area contributed by atoms with Gasteiger partial charge >= 0.3 is 0 Å². The number of nitrogens with zero attached hydrogens (tertiary/aromatic N) is 1. The molecule has 1 amide bonds. The Bertz CT molecular complexity index is 233. The van der Waals surface area contributed by atoms with Crippen molar-refractivity contribution in [2.24, 2.45) is 0 Å². The van der Waals surface area contributed by atoms with Crippen LogP contribution in [0.4, 0.5) is 0 Å². The Morgan fingerprint density at radius 3 is 2.79 bits per heavy atom. The Hall–Kier alpha value is -0.0700. The number of ether oxygens (including phenoxy) is 1. The van der Waals surface area contributed by atoms with Crippen LogP contribution in [0.15, 0.2) is 0 Å². The normalized spacial score (nSPS) is 18.5. The zero-order valence-electron chi connectivity index (χ0n) is 11.8. The number of amides is 1. The second kappa shape index (κ2) is 12.9. The summed E-state index contributed by atoms with van der Waals surface area (Å²) in [5, 5.41) is 5.98. The number of nitrogens with one attached hydrogen (secondary N) is 2. The van der Waals surface area contributed by atoms with Gasteiger partial charge in [-0.05, 0) is 26.4 Å². The SMILES string of the molecule is CNCCC(=O)NCC1CCCN1CCOC.Cl.Cl. The molecule has 116 valence electrons. The van der Waals surface area contributed by atoms with Crippen molar-refractivity contribution in [2.45, 2.75) is 25.3 Å². The van der Waals surface area contributed by atoms with Crippen molar-refractivity contribution in [3.8, 4) is 0 Å². The van der Waals surface area contributed by atoms with Crippen molar-refractivity contribution >= 4 is 30.7 Å². The number of hydrogen-bond donors (Lipinski definition) is 2. The highest BCUT2D eigenvalue weighted by atomic mass is 35.5. The molecule has 0 bridgehead atoms. The van der Waals surface area contributed by atoms with Crippen molar-refractivity contribution in [3.05, 3.63) is 0 Å². The summed E-state index contributed by atoms with van der Waals surface area (Å²) >= 11 is 0. The zero-order chi connectivity index (χ0) is 12.5. The molecular weight excluding hydrogens is 289 g/mol. The highest BCUT2D eigenvalue weighted by Crippen LogP contribution is 2.15. The van der Waals surface area contributed by atoms with Crippen LogP contribution in [0.2, 0.25) is 0 Å². The summed E-state index contributed by atoms with van der Waals surface area (Å²) in [4.78, 5) is 13.9. The lowest BCUT2D eigenvalue weighted by atomic mass is 10.2. The van der Waals surface area contributed by atoms with Crippen LogP contribution in [0, 0.1) is 0 Å². The molecule has 5 nitrogen and oxygen atoms in total. The van der Waals surface area contributed by atoms with Gasteiger partial charge in [0.15, 0.2) is 0 Å². The molecule has 0 aliphatic carbocycles. The van der Waals surface area contributed by atoms with Gasteiger partial charge in [-0.15, -0.1) is 24.8 Å². The van der Waals surface area contributed by atoms with Crippen LogP contribution >= 0.6 is 24.8 Å². The molecule has 1 aliphatic heterocycles. The molecule has 0 saturated carbocycles. The molecule has 0 aromatic rings. The van der Waals surface area contributed by atoms with Crippen LogP contribution in [-0.4, -0.2) is 63.8 Å². The number of hydrogen-bond acceptors (Lipinski definition) is 4. The summed E-state index contributed by atoms with van der Waals surface area (Å²) in [6.45, 7) is 4.37. The van der Waals surface area contributed by atoms with Gasteiger partial charge < -0.3 is 15.4 Å². The van der Waals surface area contributed by atoms with E-state index in [2.05, 4.69) is 15.5 Å². The maximum Gasteiger partial charge on any atom is 0.221 e. The van der Waals surface area contributed by atoms with E-state index in [4.69, 9.17) is 4.74 Å². The molecule has 1 heterocycles. The molecule has 0 aromatic carbocycles. The van der Waals surface area contributed by atoms with E-state index >= 15 is 0 Å². The van der Waals surface area contributed by atoms with Crippen molar-refractivity contribution in [1.29, 1.82) is 0 Å². The van der Waals surface area contributed by atoms with E-state index < -0.39 is 0 Å². The third-order valence-electron chi connectivity index (χ3n) is 3.22. The van der Waals surface area contributed by atoms with Crippen molar-refractivity contribution in [1.82, 2.24) is 15.5 Å². The molecule has 1 fully saturated rings. The summed E-state index contributed by atoms with van der Waals surface area (Å²) in [5.74, 6) is 0.137. The molecule has 19 heavy (non-hydrogen) atoms. The number of likely N-dealkylation sites (tertiary alicyclic amines) is 1. The van der Waals surface area contributed by atoms with E-state index in [9.17, 15) is 4.79 Å². The topological polar surface area (TPSA) is 53.6 Å². The lowest BCUT2D eigenvalue weighted by Gasteiger charge is -2.24. The molecule has 0 aromatic heterocycles. The van der Waals surface area contributed by atoms with E-state index in [-0.39, 0.29) is 30.7 Å². The minimum absolute atomic E-state index is 0. The van der Waals surface area contributed by atoms with Gasteiger partial charge in [-0.1, -0.05) is 0 Å². The smallest absolute Gasteiger partial charge is 0.221 e. The summed E-state index contributed by atoms with van der Waals surface area (Å²) in [5.41, 5.74) is 0. The first-order chi connectivity index (χ1) is 8.27. The Balaban J connectivity index is 0. The van der Waals surface area contributed by atoms with Gasteiger partial charge in [-0.25, -0.2) is 0 Å². The number of carbonyl (C=O) groups is 1. The third kappa shape index (κ3) is 8.65. The first kappa shape index (κ1) is 21.2. The molecular formula is C12H27Cl2N3O2. The van der Waals surface area contributed by atoms with Gasteiger partial charge in [0.25, 0.3) is 0 Å². The summed E-state index contributed by atoms with van der Waals surface area (Å²) in [6, 6.07) is 0.490. The van der Waals surface area contributed by atoms with Crippen LogP contribution < -0.4 is 10.6 Å². The second-order valence-corrected chi connectivity index (χ2v) is 4.48. The molecule has 1 unspecified atom stereocenters. The lowest BCUT2D eigenvalue weighted by Crippen LogP contribution is -2.41.